The molecule has 0 saturated heterocycles. The van der Waals surface area contributed by atoms with Crippen molar-refractivity contribution in [2.45, 2.75) is 26.3 Å². The molecule has 0 saturated carbocycles. The second kappa shape index (κ2) is 8.37. The number of anilines is 1. The number of nitrogens with one attached hydrogen (secondary N) is 1. The van der Waals surface area contributed by atoms with Gasteiger partial charge >= 0.3 is 0 Å². The average Bonchev–Trinajstić information content (AvgIpc) is 2.38. The topological polar surface area (TPSA) is 73.6 Å². The largest absolute Gasteiger partial charge is 0.493 e. The lowest BCUT2D eigenvalue weighted by Gasteiger charge is -2.15. The minimum absolute atomic E-state index is 0.228. The lowest BCUT2D eigenvalue weighted by Crippen LogP contribution is -2.21. The molecule has 1 unspecified atom stereocenters. The highest BCUT2D eigenvalue weighted by atomic mass is 16.5. The normalized spacial score (nSPS) is 11.9. The fourth-order valence-corrected chi connectivity index (χ4v) is 1.54. The van der Waals surface area contributed by atoms with Gasteiger partial charge in [-0.2, -0.15) is 0 Å². The fourth-order valence-electron chi connectivity index (χ4n) is 1.54. The van der Waals surface area contributed by atoms with Gasteiger partial charge < -0.3 is 20.5 Å². The van der Waals surface area contributed by atoms with Crippen LogP contribution in [0.3, 0.4) is 0 Å². The Morgan fingerprint density at radius 3 is 2.63 bits per heavy atom. The molecule has 106 valence electrons. The first-order valence-corrected chi connectivity index (χ1v) is 6.47. The maximum absolute atomic E-state index is 10.6. The molecule has 1 aromatic carbocycles. The molecule has 0 fully saturated rings. The number of nitrogens with two attached hydrogens (primary N) is 1. The lowest BCUT2D eigenvalue weighted by molar-refractivity contribution is -0.118. The standard InChI is InChI=1S/C14H22N2O3/c1-3-18-10-11(2)16-12-4-6-13(7-5-12)19-9-8-14(15)17/h4-7,11,16H,3,8-10H2,1-2H3,(H2,15,17). The van der Waals surface area contributed by atoms with Crippen LogP contribution in [-0.2, 0) is 9.53 Å². The number of benzene rings is 1. The highest BCUT2D eigenvalue weighted by Gasteiger charge is 2.02. The Hall–Kier alpha value is -1.75. The van der Waals surface area contributed by atoms with E-state index in [0.717, 1.165) is 18.0 Å². The van der Waals surface area contributed by atoms with E-state index in [4.69, 9.17) is 15.2 Å². The Balaban J connectivity index is 2.36. The Labute approximate surface area is 114 Å². The van der Waals surface area contributed by atoms with E-state index >= 15 is 0 Å². The Bertz CT molecular complexity index is 379. The van der Waals surface area contributed by atoms with E-state index in [9.17, 15) is 4.79 Å². The molecular weight excluding hydrogens is 244 g/mol. The third-order valence-electron chi connectivity index (χ3n) is 2.46. The van der Waals surface area contributed by atoms with E-state index in [1.165, 1.54) is 0 Å². The molecule has 0 aliphatic carbocycles. The van der Waals surface area contributed by atoms with Crippen molar-refractivity contribution in [2.24, 2.45) is 5.73 Å². The average molecular weight is 266 g/mol. The number of carbonyl (C=O) groups is 1. The first-order chi connectivity index (χ1) is 9.11. The van der Waals surface area contributed by atoms with E-state index in [2.05, 4.69) is 12.2 Å². The van der Waals surface area contributed by atoms with Crippen LogP contribution < -0.4 is 15.8 Å². The molecule has 0 aliphatic heterocycles. The molecule has 0 aliphatic rings. The van der Waals surface area contributed by atoms with Gasteiger partial charge in [0.25, 0.3) is 0 Å². The van der Waals surface area contributed by atoms with Crippen molar-refractivity contribution < 1.29 is 14.3 Å². The smallest absolute Gasteiger partial charge is 0.220 e. The zero-order chi connectivity index (χ0) is 14.1. The summed E-state index contributed by atoms with van der Waals surface area (Å²) in [5.74, 6) is 0.368. The number of primary amides is 1. The van der Waals surface area contributed by atoms with Crippen LogP contribution in [0, 0.1) is 0 Å². The van der Waals surface area contributed by atoms with Crippen molar-refractivity contribution in [3.63, 3.8) is 0 Å². The van der Waals surface area contributed by atoms with Crippen LogP contribution in [0.1, 0.15) is 20.3 Å². The Morgan fingerprint density at radius 1 is 1.37 bits per heavy atom. The van der Waals surface area contributed by atoms with Gasteiger partial charge in [0.05, 0.1) is 19.6 Å². The predicted octanol–water partition coefficient (Wildman–Crippen LogP) is 1.78. The second-order valence-corrected chi connectivity index (χ2v) is 4.29. The molecule has 0 bridgehead atoms. The van der Waals surface area contributed by atoms with Crippen LogP contribution in [0.4, 0.5) is 5.69 Å². The van der Waals surface area contributed by atoms with Gasteiger partial charge in [-0.05, 0) is 38.1 Å². The van der Waals surface area contributed by atoms with Gasteiger partial charge in [0.1, 0.15) is 5.75 Å². The Kier molecular flexibility index (Phi) is 6.74. The van der Waals surface area contributed by atoms with Crippen LogP contribution in [0.5, 0.6) is 5.75 Å². The fraction of sp³-hybridized carbons (Fsp3) is 0.500. The summed E-state index contributed by atoms with van der Waals surface area (Å²) in [6, 6.07) is 7.83. The second-order valence-electron chi connectivity index (χ2n) is 4.29. The van der Waals surface area contributed by atoms with E-state index in [-0.39, 0.29) is 18.4 Å². The molecular formula is C14H22N2O3. The summed E-state index contributed by atoms with van der Waals surface area (Å²) in [7, 11) is 0. The summed E-state index contributed by atoms with van der Waals surface area (Å²) in [6.45, 7) is 5.74. The minimum Gasteiger partial charge on any atom is -0.493 e. The van der Waals surface area contributed by atoms with E-state index < -0.39 is 0 Å². The molecule has 0 aromatic heterocycles. The van der Waals surface area contributed by atoms with Crippen LogP contribution >= 0.6 is 0 Å². The van der Waals surface area contributed by atoms with Gasteiger partial charge in [0, 0.05) is 18.3 Å². The molecule has 5 nitrogen and oxygen atoms in total. The lowest BCUT2D eigenvalue weighted by atomic mass is 10.2. The highest BCUT2D eigenvalue weighted by molar-refractivity contribution is 5.73. The third kappa shape index (κ3) is 6.67. The monoisotopic (exact) mass is 266 g/mol. The highest BCUT2D eigenvalue weighted by Crippen LogP contribution is 2.16. The zero-order valence-electron chi connectivity index (χ0n) is 11.5. The van der Waals surface area contributed by atoms with Crippen molar-refractivity contribution >= 4 is 11.6 Å². The molecule has 1 rings (SSSR count). The van der Waals surface area contributed by atoms with Crippen LogP contribution in [0.25, 0.3) is 0 Å². The van der Waals surface area contributed by atoms with E-state index in [1.54, 1.807) is 0 Å². The molecule has 5 heteroatoms. The first kappa shape index (κ1) is 15.3. The number of carbonyl (C=O) groups excluding carboxylic acids is 1. The maximum Gasteiger partial charge on any atom is 0.220 e. The summed E-state index contributed by atoms with van der Waals surface area (Å²) in [4.78, 5) is 10.6. The van der Waals surface area contributed by atoms with E-state index in [0.29, 0.717) is 13.2 Å². The maximum atomic E-state index is 10.6. The van der Waals surface area contributed by atoms with Gasteiger partial charge in [-0.15, -0.1) is 0 Å². The van der Waals surface area contributed by atoms with Crippen molar-refractivity contribution in [3.8, 4) is 5.75 Å². The summed E-state index contributed by atoms with van der Waals surface area (Å²) in [5.41, 5.74) is 6.04. The number of hydrogen-bond acceptors (Lipinski definition) is 4. The first-order valence-electron chi connectivity index (χ1n) is 6.47. The molecule has 0 radical (unpaired) electrons. The summed E-state index contributed by atoms with van der Waals surface area (Å²) in [6.07, 6.45) is 0.228. The molecule has 0 heterocycles. The molecule has 1 aromatic rings. The van der Waals surface area contributed by atoms with Gasteiger partial charge in [0.2, 0.25) is 5.91 Å². The predicted molar refractivity (Wildman–Crippen MR) is 75.3 cm³/mol. The number of amides is 1. The summed E-state index contributed by atoms with van der Waals surface area (Å²) < 4.78 is 10.7. The summed E-state index contributed by atoms with van der Waals surface area (Å²) >= 11 is 0. The van der Waals surface area contributed by atoms with Crippen molar-refractivity contribution in [2.75, 3.05) is 25.1 Å². The van der Waals surface area contributed by atoms with E-state index in [1.807, 2.05) is 31.2 Å². The molecule has 1 amide bonds. The van der Waals surface area contributed by atoms with Crippen LogP contribution in [-0.4, -0.2) is 31.8 Å². The molecule has 0 spiro atoms. The number of rotatable bonds is 9. The number of ether oxygens (including phenoxy) is 2. The molecule has 19 heavy (non-hydrogen) atoms. The third-order valence-corrected chi connectivity index (χ3v) is 2.46. The van der Waals surface area contributed by atoms with Crippen molar-refractivity contribution in [3.05, 3.63) is 24.3 Å². The Morgan fingerprint density at radius 2 is 2.05 bits per heavy atom. The van der Waals surface area contributed by atoms with Gasteiger partial charge in [-0.25, -0.2) is 0 Å². The van der Waals surface area contributed by atoms with Gasteiger partial charge in [0.15, 0.2) is 0 Å². The van der Waals surface area contributed by atoms with Crippen LogP contribution in [0.15, 0.2) is 24.3 Å². The molecule has 1 atom stereocenters. The molecule has 3 N–H and O–H groups in total. The van der Waals surface area contributed by atoms with Crippen molar-refractivity contribution in [1.29, 1.82) is 0 Å². The van der Waals surface area contributed by atoms with Gasteiger partial charge in [-0.1, -0.05) is 0 Å². The van der Waals surface area contributed by atoms with Crippen LogP contribution in [0.2, 0.25) is 0 Å². The van der Waals surface area contributed by atoms with Crippen molar-refractivity contribution in [1.82, 2.24) is 0 Å². The zero-order valence-corrected chi connectivity index (χ0v) is 11.5. The summed E-state index contributed by atoms with van der Waals surface area (Å²) in [5, 5.41) is 3.32. The SMILES string of the molecule is CCOCC(C)Nc1ccc(OCCC(N)=O)cc1. The number of hydrogen-bond donors (Lipinski definition) is 2. The quantitative estimate of drug-likeness (QED) is 0.714. The van der Waals surface area contributed by atoms with Gasteiger partial charge in [-0.3, -0.25) is 4.79 Å². The minimum atomic E-state index is -0.358.